The molecule has 0 aliphatic rings. The molecule has 0 spiro atoms. The third-order valence-corrected chi connectivity index (χ3v) is 4.09. The molecule has 132 valence electrons. The SMILES string of the molecule is CCOC(=O)NC(=O)c1c(NC(=O)CC)sc(C(=O)OCC)c1C. The van der Waals surface area contributed by atoms with Gasteiger partial charge in [0.2, 0.25) is 5.91 Å². The second-order valence-electron chi connectivity index (χ2n) is 4.56. The van der Waals surface area contributed by atoms with E-state index in [-0.39, 0.29) is 41.0 Å². The van der Waals surface area contributed by atoms with E-state index < -0.39 is 18.0 Å². The van der Waals surface area contributed by atoms with Crippen molar-refractivity contribution in [2.24, 2.45) is 0 Å². The average molecular weight is 356 g/mol. The van der Waals surface area contributed by atoms with Crippen LogP contribution in [0, 0.1) is 6.92 Å². The van der Waals surface area contributed by atoms with Crippen molar-refractivity contribution in [3.63, 3.8) is 0 Å². The van der Waals surface area contributed by atoms with Crippen LogP contribution >= 0.6 is 11.3 Å². The van der Waals surface area contributed by atoms with Crippen LogP contribution in [0.15, 0.2) is 0 Å². The topological polar surface area (TPSA) is 111 Å². The minimum Gasteiger partial charge on any atom is -0.462 e. The van der Waals surface area contributed by atoms with Crippen LogP contribution < -0.4 is 10.6 Å². The summed E-state index contributed by atoms with van der Waals surface area (Å²) in [6, 6.07) is 0. The summed E-state index contributed by atoms with van der Waals surface area (Å²) in [7, 11) is 0. The quantitative estimate of drug-likeness (QED) is 0.758. The number of carbonyl (C=O) groups excluding carboxylic acids is 4. The molecule has 2 N–H and O–H groups in total. The van der Waals surface area contributed by atoms with Crippen LogP contribution in [0.5, 0.6) is 0 Å². The largest absolute Gasteiger partial charge is 0.462 e. The van der Waals surface area contributed by atoms with Gasteiger partial charge >= 0.3 is 12.1 Å². The maximum absolute atomic E-state index is 12.3. The third kappa shape index (κ3) is 4.79. The molecule has 9 heteroatoms. The van der Waals surface area contributed by atoms with Crippen molar-refractivity contribution < 1.29 is 28.7 Å². The summed E-state index contributed by atoms with van der Waals surface area (Å²) in [5, 5.41) is 4.80. The van der Waals surface area contributed by atoms with Gasteiger partial charge in [0.05, 0.1) is 18.8 Å². The number of alkyl carbamates (subject to hydrolysis) is 1. The van der Waals surface area contributed by atoms with Gasteiger partial charge in [-0.1, -0.05) is 6.92 Å². The molecule has 3 amide bonds. The van der Waals surface area contributed by atoms with Crippen LogP contribution in [0.1, 0.15) is 52.8 Å². The van der Waals surface area contributed by atoms with Gasteiger partial charge in [0.1, 0.15) is 9.88 Å². The van der Waals surface area contributed by atoms with E-state index in [1.807, 2.05) is 0 Å². The lowest BCUT2D eigenvalue weighted by Gasteiger charge is -2.07. The smallest absolute Gasteiger partial charge is 0.414 e. The fraction of sp³-hybridized carbons (Fsp3) is 0.467. The number of amides is 3. The molecule has 0 bridgehead atoms. The third-order valence-electron chi connectivity index (χ3n) is 2.90. The number of esters is 1. The first kappa shape index (κ1) is 19.6. The fourth-order valence-electron chi connectivity index (χ4n) is 1.80. The Kier molecular flexibility index (Phi) is 7.37. The monoisotopic (exact) mass is 356 g/mol. The number of anilines is 1. The molecule has 0 aliphatic heterocycles. The molecule has 0 unspecified atom stereocenters. The summed E-state index contributed by atoms with van der Waals surface area (Å²) in [6.45, 7) is 6.75. The normalized spacial score (nSPS) is 10.0. The van der Waals surface area contributed by atoms with Crippen molar-refractivity contribution in [1.29, 1.82) is 0 Å². The Morgan fingerprint density at radius 3 is 2.21 bits per heavy atom. The number of rotatable bonds is 6. The Hall–Kier alpha value is -2.42. The first-order chi connectivity index (χ1) is 11.3. The minimum absolute atomic E-state index is 0.0397. The second-order valence-corrected chi connectivity index (χ2v) is 5.58. The second kappa shape index (κ2) is 9.02. The van der Waals surface area contributed by atoms with Crippen molar-refractivity contribution in [1.82, 2.24) is 5.32 Å². The van der Waals surface area contributed by atoms with E-state index in [1.165, 1.54) is 0 Å². The molecule has 0 fully saturated rings. The Bertz CT molecular complexity index is 653. The molecule has 0 saturated carbocycles. The molecule has 1 heterocycles. The summed E-state index contributed by atoms with van der Waals surface area (Å²) < 4.78 is 9.61. The van der Waals surface area contributed by atoms with Crippen molar-refractivity contribution in [3.8, 4) is 0 Å². The number of ether oxygens (including phenoxy) is 2. The first-order valence-corrected chi connectivity index (χ1v) is 8.25. The van der Waals surface area contributed by atoms with Crippen molar-refractivity contribution in [2.75, 3.05) is 18.5 Å². The highest BCUT2D eigenvalue weighted by Gasteiger charge is 2.27. The molecule has 0 aliphatic carbocycles. The van der Waals surface area contributed by atoms with Crippen LogP contribution in [0.25, 0.3) is 0 Å². The number of carbonyl (C=O) groups is 4. The molecule has 0 aromatic carbocycles. The first-order valence-electron chi connectivity index (χ1n) is 7.44. The average Bonchev–Trinajstić information content (AvgIpc) is 2.84. The summed E-state index contributed by atoms with van der Waals surface area (Å²) >= 11 is 0.927. The molecule has 1 aromatic rings. The van der Waals surface area contributed by atoms with E-state index in [1.54, 1.807) is 27.7 Å². The number of nitrogens with one attached hydrogen (secondary N) is 2. The molecular weight excluding hydrogens is 336 g/mol. The van der Waals surface area contributed by atoms with Crippen LogP contribution in [-0.4, -0.2) is 37.1 Å². The van der Waals surface area contributed by atoms with Gasteiger partial charge in [0.25, 0.3) is 5.91 Å². The molecular formula is C15H20N2O6S. The fourth-order valence-corrected chi connectivity index (χ4v) is 2.92. The molecule has 8 nitrogen and oxygen atoms in total. The molecule has 0 radical (unpaired) electrons. The van der Waals surface area contributed by atoms with Gasteiger partial charge in [0.15, 0.2) is 0 Å². The summed E-state index contributed by atoms with van der Waals surface area (Å²) in [4.78, 5) is 47.6. The Morgan fingerprint density at radius 2 is 1.67 bits per heavy atom. The van der Waals surface area contributed by atoms with Crippen molar-refractivity contribution in [2.45, 2.75) is 34.1 Å². The molecule has 0 saturated heterocycles. The highest BCUT2D eigenvalue weighted by Crippen LogP contribution is 2.33. The van der Waals surface area contributed by atoms with Gasteiger partial charge in [-0.25, -0.2) is 9.59 Å². The van der Waals surface area contributed by atoms with E-state index in [2.05, 4.69) is 15.4 Å². The number of hydrogen-bond donors (Lipinski definition) is 2. The van der Waals surface area contributed by atoms with Crippen molar-refractivity contribution >= 4 is 40.2 Å². The maximum Gasteiger partial charge on any atom is 0.414 e. The van der Waals surface area contributed by atoms with Crippen LogP contribution in [0.3, 0.4) is 0 Å². The van der Waals surface area contributed by atoms with Crippen LogP contribution in [0.4, 0.5) is 9.80 Å². The number of imide groups is 1. The molecule has 0 atom stereocenters. The summed E-state index contributed by atoms with van der Waals surface area (Å²) in [5.41, 5.74) is 0.365. The number of hydrogen-bond acceptors (Lipinski definition) is 7. The zero-order chi connectivity index (χ0) is 18.3. The van der Waals surface area contributed by atoms with Gasteiger partial charge < -0.3 is 14.8 Å². The maximum atomic E-state index is 12.3. The lowest BCUT2D eigenvalue weighted by molar-refractivity contribution is -0.115. The predicted octanol–water partition coefficient (Wildman–Crippen LogP) is 2.47. The lowest BCUT2D eigenvalue weighted by atomic mass is 10.1. The summed E-state index contributed by atoms with van der Waals surface area (Å²) in [5.74, 6) is -1.68. The molecule has 1 aromatic heterocycles. The van der Waals surface area contributed by atoms with Gasteiger partial charge in [-0.2, -0.15) is 0 Å². The van der Waals surface area contributed by atoms with Crippen molar-refractivity contribution in [3.05, 3.63) is 16.0 Å². The molecule has 1 rings (SSSR count). The van der Waals surface area contributed by atoms with Gasteiger partial charge in [-0.15, -0.1) is 11.3 Å². The van der Waals surface area contributed by atoms with E-state index in [4.69, 9.17) is 4.74 Å². The van der Waals surface area contributed by atoms with E-state index in [9.17, 15) is 19.2 Å². The van der Waals surface area contributed by atoms with Gasteiger partial charge in [-0.3, -0.25) is 14.9 Å². The van der Waals surface area contributed by atoms with E-state index in [0.29, 0.717) is 5.56 Å². The Balaban J connectivity index is 3.22. The Labute approximate surface area is 143 Å². The predicted molar refractivity (Wildman–Crippen MR) is 88.4 cm³/mol. The van der Waals surface area contributed by atoms with Crippen LogP contribution in [-0.2, 0) is 14.3 Å². The highest BCUT2D eigenvalue weighted by atomic mass is 32.1. The summed E-state index contributed by atoms with van der Waals surface area (Å²) in [6.07, 6.45) is -0.705. The standard InChI is InChI=1S/C15H20N2O6S/c1-5-9(18)16-13-10(12(19)17-15(21)23-7-3)8(4)11(24-13)14(20)22-6-2/h5-7H2,1-4H3,(H,16,18)(H,17,19,21). The van der Waals surface area contributed by atoms with Crippen LogP contribution in [0.2, 0.25) is 0 Å². The zero-order valence-electron chi connectivity index (χ0n) is 14.0. The molecule has 24 heavy (non-hydrogen) atoms. The zero-order valence-corrected chi connectivity index (χ0v) is 14.8. The van der Waals surface area contributed by atoms with E-state index >= 15 is 0 Å². The highest BCUT2D eigenvalue weighted by molar-refractivity contribution is 7.18. The number of thiophene rings is 1. The van der Waals surface area contributed by atoms with Gasteiger partial charge in [-0.05, 0) is 26.3 Å². The Morgan fingerprint density at radius 1 is 1.04 bits per heavy atom. The van der Waals surface area contributed by atoms with Gasteiger partial charge in [0, 0.05) is 6.42 Å². The minimum atomic E-state index is -0.904. The van der Waals surface area contributed by atoms with E-state index in [0.717, 1.165) is 11.3 Å². The lowest BCUT2D eigenvalue weighted by Crippen LogP contribution is -2.32.